The van der Waals surface area contributed by atoms with Gasteiger partial charge in [0.2, 0.25) is 0 Å². The summed E-state index contributed by atoms with van der Waals surface area (Å²) in [7, 11) is 0. The van der Waals surface area contributed by atoms with Crippen LogP contribution in [0.15, 0.2) is 24.3 Å². The lowest BCUT2D eigenvalue weighted by Gasteiger charge is -2.21. The van der Waals surface area contributed by atoms with Gasteiger partial charge in [0.25, 0.3) is 0 Å². The van der Waals surface area contributed by atoms with Crippen molar-refractivity contribution in [1.29, 1.82) is 5.26 Å². The van der Waals surface area contributed by atoms with Crippen molar-refractivity contribution in [3.05, 3.63) is 35.4 Å². The van der Waals surface area contributed by atoms with Crippen LogP contribution in [0.3, 0.4) is 0 Å². The third-order valence-electron chi connectivity index (χ3n) is 2.87. The largest absolute Gasteiger partial charge is 0.396 e. The van der Waals surface area contributed by atoms with Crippen molar-refractivity contribution in [2.75, 3.05) is 6.61 Å². The average Bonchev–Trinajstić information content (AvgIpc) is 2.34. The van der Waals surface area contributed by atoms with E-state index in [4.69, 9.17) is 10.4 Å². The molecule has 1 atom stereocenters. The fourth-order valence-electron chi connectivity index (χ4n) is 1.81. The second kappa shape index (κ2) is 7.05. The van der Waals surface area contributed by atoms with Gasteiger partial charge in [0.15, 0.2) is 0 Å². The predicted octanol–water partition coefficient (Wildman–Crippen LogP) is 2.05. The molecule has 0 amide bonds. The van der Waals surface area contributed by atoms with Crippen LogP contribution in [-0.4, -0.2) is 17.8 Å². The molecule has 3 nitrogen and oxygen atoms in total. The molecule has 1 aromatic rings. The first kappa shape index (κ1) is 13.7. The molecule has 0 saturated heterocycles. The number of benzene rings is 1. The van der Waals surface area contributed by atoms with Crippen molar-refractivity contribution in [3.63, 3.8) is 0 Å². The molecule has 17 heavy (non-hydrogen) atoms. The lowest BCUT2D eigenvalue weighted by molar-refractivity contribution is 0.244. The minimum absolute atomic E-state index is 0.202. The molecule has 1 unspecified atom stereocenters. The SMILES string of the molecule is CC(C)C(CCO)NCc1cccc(C#N)c1. The van der Waals surface area contributed by atoms with Gasteiger partial charge in [0, 0.05) is 19.2 Å². The fraction of sp³-hybridized carbons (Fsp3) is 0.500. The van der Waals surface area contributed by atoms with Crippen LogP contribution in [0.5, 0.6) is 0 Å². The van der Waals surface area contributed by atoms with Crippen LogP contribution in [0, 0.1) is 17.2 Å². The Kier molecular flexibility index (Phi) is 5.68. The first-order valence-electron chi connectivity index (χ1n) is 6.00. The van der Waals surface area contributed by atoms with E-state index < -0.39 is 0 Å². The summed E-state index contributed by atoms with van der Waals surface area (Å²) in [5.41, 5.74) is 1.79. The average molecular weight is 232 g/mol. The fourth-order valence-corrected chi connectivity index (χ4v) is 1.81. The number of aliphatic hydroxyl groups excluding tert-OH is 1. The minimum Gasteiger partial charge on any atom is -0.396 e. The zero-order valence-electron chi connectivity index (χ0n) is 10.5. The van der Waals surface area contributed by atoms with Crippen LogP contribution in [-0.2, 0) is 6.54 Å². The second-order valence-corrected chi connectivity index (χ2v) is 4.56. The van der Waals surface area contributed by atoms with E-state index in [1.165, 1.54) is 0 Å². The Balaban J connectivity index is 2.56. The zero-order valence-corrected chi connectivity index (χ0v) is 10.5. The molecule has 0 saturated carbocycles. The van der Waals surface area contributed by atoms with Gasteiger partial charge in [0.1, 0.15) is 0 Å². The van der Waals surface area contributed by atoms with Gasteiger partial charge in [-0.15, -0.1) is 0 Å². The molecule has 1 rings (SSSR count). The highest BCUT2D eigenvalue weighted by molar-refractivity contribution is 5.32. The van der Waals surface area contributed by atoms with Crippen LogP contribution < -0.4 is 5.32 Å². The maximum atomic E-state index is 8.98. The molecular formula is C14H20N2O. The van der Waals surface area contributed by atoms with Crippen LogP contribution in [0.1, 0.15) is 31.4 Å². The van der Waals surface area contributed by atoms with E-state index in [0.717, 1.165) is 18.5 Å². The molecule has 0 aliphatic rings. The summed E-state index contributed by atoms with van der Waals surface area (Å²) < 4.78 is 0. The third-order valence-corrected chi connectivity index (χ3v) is 2.87. The number of aliphatic hydroxyl groups is 1. The third kappa shape index (κ3) is 4.56. The minimum atomic E-state index is 0.202. The molecule has 0 spiro atoms. The van der Waals surface area contributed by atoms with Gasteiger partial charge in [-0.1, -0.05) is 26.0 Å². The molecule has 0 bridgehead atoms. The Morgan fingerprint density at radius 2 is 2.18 bits per heavy atom. The van der Waals surface area contributed by atoms with Crippen molar-refractivity contribution in [3.8, 4) is 6.07 Å². The number of nitrogens with one attached hydrogen (secondary N) is 1. The Morgan fingerprint density at radius 3 is 2.76 bits per heavy atom. The normalized spacial score (nSPS) is 12.4. The molecule has 92 valence electrons. The van der Waals surface area contributed by atoms with Crippen molar-refractivity contribution in [1.82, 2.24) is 5.32 Å². The highest BCUT2D eigenvalue weighted by atomic mass is 16.3. The number of rotatable bonds is 6. The lowest BCUT2D eigenvalue weighted by atomic mass is 10.0. The van der Waals surface area contributed by atoms with Crippen molar-refractivity contribution >= 4 is 0 Å². The van der Waals surface area contributed by atoms with Gasteiger partial charge in [-0.05, 0) is 30.0 Å². The van der Waals surface area contributed by atoms with Crippen LogP contribution in [0.4, 0.5) is 0 Å². The molecule has 3 heteroatoms. The van der Waals surface area contributed by atoms with E-state index in [9.17, 15) is 0 Å². The molecule has 0 fully saturated rings. The van der Waals surface area contributed by atoms with Crippen LogP contribution >= 0.6 is 0 Å². The smallest absolute Gasteiger partial charge is 0.0991 e. The summed E-state index contributed by atoms with van der Waals surface area (Å²) in [4.78, 5) is 0. The van der Waals surface area contributed by atoms with E-state index in [0.29, 0.717) is 17.5 Å². The summed E-state index contributed by atoms with van der Waals surface area (Å²) in [6.45, 7) is 5.21. The molecule has 2 N–H and O–H groups in total. The Labute approximate surface area is 103 Å². The van der Waals surface area contributed by atoms with Gasteiger partial charge in [-0.2, -0.15) is 5.26 Å². The Morgan fingerprint density at radius 1 is 1.41 bits per heavy atom. The monoisotopic (exact) mass is 232 g/mol. The molecule has 0 aromatic heterocycles. The molecule has 1 aromatic carbocycles. The number of nitriles is 1. The van der Waals surface area contributed by atoms with Gasteiger partial charge in [0.05, 0.1) is 11.6 Å². The highest BCUT2D eigenvalue weighted by Crippen LogP contribution is 2.08. The van der Waals surface area contributed by atoms with Gasteiger partial charge in [-0.3, -0.25) is 0 Å². The summed E-state index contributed by atoms with van der Waals surface area (Å²) in [5, 5.41) is 21.2. The van der Waals surface area contributed by atoms with E-state index in [1.54, 1.807) is 6.07 Å². The van der Waals surface area contributed by atoms with Crippen molar-refractivity contribution < 1.29 is 5.11 Å². The van der Waals surface area contributed by atoms with Crippen molar-refractivity contribution in [2.45, 2.75) is 32.9 Å². The second-order valence-electron chi connectivity index (χ2n) is 4.56. The highest BCUT2D eigenvalue weighted by Gasteiger charge is 2.11. The van der Waals surface area contributed by atoms with Crippen LogP contribution in [0.2, 0.25) is 0 Å². The summed E-state index contributed by atoms with van der Waals surface area (Å²) in [6.07, 6.45) is 0.760. The maximum absolute atomic E-state index is 8.98. The molecule has 0 radical (unpaired) electrons. The predicted molar refractivity (Wildman–Crippen MR) is 68.3 cm³/mol. The topological polar surface area (TPSA) is 56.0 Å². The molecule has 0 heterocycles. The van der Waals surface area contributed by atoms with E-state index >= 15 is 0 Å². The summed E-state index contributed by atoms with van der Waals surface area (Å²) in [5.74, 6) is 0.487. The molecular weight excluding hydrogens is 212 g/mol. The van der Waals surface area contributed by atoms with Crippen molar-refractivity contribution in [2.24, 2.45) is 5.92 Å². The van der Waals surface area contributed by atoms with Gasteiger partial charge >= 0.3 is 0 Å². The van der Waals surface area contributed by atoms with E-state index in [2.05, 4.69) is 25.2 Å². The maximum Gasteiger partial charge on any atom is 0.0991 e. The van der Waals surface area contributed by atoms with Gasteiger partial charge in [-0.25, -0.2) is 0 Å². The molecule has 0 aliphatic carbocycles. The lowest BCUT2D eigenvalue weighted by Crippen LogP contribution is -2.34. The number of hydrogen-bond acceptors (Lipinski definition) is 3. The number of nitrogens with zero attached hydrogens (tertiary/aromatic N) is 1. The standard InChI is InChI=1S/C14H20N2O/c1-11(2)14(6-7-17)16-10-13-5-3-4-12(8-13)9-15/h3-5,8,11,14,16-17H,6-7,10H2,1-2H3. The first-order valence-corrected chi connectivity index (χ1v) is 6.00. The van der Waals surface area contributed by atoms with Crippen LogP contribution in [0.25, 0.3) is 0 Å². The van der Waals surface area contributed by atoms with Gasteiger partial charge < -0.3 is 10.4 Å². The summed E-state index contributed by atoms with van der Waals surface area (Å²) in [6, 6.07) is 10.0. The quantitative estimate of drug-likeness (QED) is 0.789. The molecule has 0 aliphatic heterocycles. The number of hydrogen-bond donors (Lipinski definition) is 2. The van der Waals surface area contributed by atoms with E-state index in [-0.39, 0.29) is 6.61 Å². The Bertz CT molecular complexity index is 382. The summed E-state index contributed by atoms with van der Waals surface area (Å²) >= 11 is 0. The zero-order chi connectivity index (χ0) is 12.7. The first-order chi connectivity index (χ1) is 8.17. The van der Waals surface area contributed by atoms with E-state index in [1.807, 2.05) is 18.2 Å². The Hall–Kier alpha value is -1.37.